The van der Waals surface area contributed by atoms with E-state index in [1.807, 2.05) is 5.32 Å². The van der Waals surface area contributed by atoms with Crippen LogP contribution in [-0.2, 0) is 9.59 Å². The molecule has 1 amide bonds. The van der Waals surface area contributed by atoms with Gasteiger partial charge >= 0.3 is 11.9 Å². The number of nitrogens with one attached hydrogen (secondary N) is 1. The Morgan fingerprint density at radius 3 is 2.42 bits per heavy atom. The average Bonchev–Trinajstić information content (AvgIpc) is 2.27. The summed E-state index contributed by atoms with van der Waals surface area (Å²) in [5, 5.41) is 19.0. The standard InChI is InChI=1S/C11H9ClFNO5/c12-5-2-1-3-6(13)9(5)10(17)14-7(11(18)19)4-8(15)16/h1-3,7H,4H2,(H,14,17)(H,15,16)(H,18,19)/t7-/m1/s1. The normalized spacial score (nSPS) is 11.7. The largest absolute Gasteiger partial charge is 0.481 e. The van der Waals surface area contributed by atoms with Crippen LogP contribution in [0.2, 0.25) is 5.02 Å². The van der Waals surface area contributed by atoms with Gasteiger partial charge < -0.3 is 15.5 Å². The van der Waals surface area contributed by atoms with Crippen molar-refractivity contribution >= 4 is 29.4 Å². The maximum absolute atomic E-state index is 13.4. The molecule has 1 atom stereocenters. The Hall–Kier alpha value is -2.15. The van der Waals surface area contributed by atoms with E-state index >= 15 is 0 Å². The highest BCUT2D eigenvalue weighted by Gasteiger charge is 2.25. The number of halogens is 2. The molecular weight excluding hydrogens is 281 g/mol. The summed E-state index contributed by atoms with van der Waals surface area (Å²) in [6.07, 6.45) is -0.826. The Labute approximate surface area is 111 Å². The second-order valence-corrected chi connectivity index (χ2v) is 3.97. The fourth-order valence-electron chi connectivity index (χ4n) is 1.32. The average molecular weight is 290 g/mol. The van der Waals surface area contributed by atoms with Crippen molar-refractivity contribution in [3.8, 4) is 0 Å². The molecule has 0 heterocycles. The van der Waals surface area contributed by atoms with Crippen LogP contribution >= 0.6 is 11.6 Å². The minimum Gasteiger partial charge on any atom is -0.481 e. The zero-order valence-corrected chi connectivity index (χ0v) is 10.1. The summed E-state index contributed by atoms with van der Waals surface area (Å²) in [5.41, 5.74) is -0.527. The van der Waals surface area contributed by atoms with Gasteiger partial charge in [-0.25, -0.2) is 9.18 Å². The number of benzene rings is 1. The fraction of sp³-hybridized carbons (Fsp3) is 0.182. The summed E-state index contributed by atoms with van der Waals surface area (Å²) in [6, 6.07) is 1.85. The molecule has 0 bridgehead atoms. The highest BCUT2D eigenvalue weighted by Crippen LogP contribution is 2.18. The van der Waals surface area contributed by atoms with Gasteiger partial charge in [0.25, 0.3) is 5.91 Å². The molecule has 19 heavy (non-hydrogen) atoms. The summed E-state index contributed by atoms with van der Waals surface area (Å²) in [5.74, 6) is -4.96. The summed E-state index contributed by atoms with van der Waals surface area (Å²) in [7, 11) is 0. The van der Waals surface area contributed by atoms with Crippen LogP contribution in [-0.4, -0.2) is 34.1 Å². The van der Waals surface area contributed by atoms with Crippen LogP contribution < -0.4 is 5.32 Å². The van der Waals surface area contributed by atoms with Crippen LogP contribution in [0.15, 0.2) is 18.2 Å². The molecule has 102 valence electrons. The van der Waals surface area contributed by atoms with Gasteiger partial charge in [-0.05, 0) is 12.1 Å². The molecule has 3 N–H and O–H groups in total. The number of amides is 1. The van der Waals surface area contributed by atoms with Crippen LogP contribution in [0.3, 0.4) is 0 Å². The first-order valence-corrected chi connectivity index (χ1v) is 5.40. The van der Waals surface area contributed by atoms with Gasteiger partial charge in [-0.15, -0.1) is 0 Å². The molecule has 0 aliphatic rings. The topological polar surface area (TPSA) is 104 Å². The van der Waals surface area contributed by atoms with E-state index in [0.29, 0.717) is 0 Å². The zero-order chi connectivity index (χ0) is 14.6. The number of aliphatic carboxylic acids is 2. The molecule has 0 saturated carbocycles. The van der Waals surface area contributed by atoms with Crippen LogP contribution in [0.1, 0.15) is 16.8 Å². The maximum atomic E-state index is 13.4. The Kier molecular flexibility index (Phi) is 4.82. The molecule has 0 saturated heterocycles. The fourth-order valence-corrected chi connectivity index (χ4v) is 1.57. The van der Waals surface area contributed by atoms with Crippen LogP contribution in [0, 0.1) is 5.82 Å². The van der Waals surface area contributed by atoms with Crippen molar-refractivity contribution in [2.45, 2.75) is 12.5 Å². The molecule has 0 spiro atoms. The smallest absolute Gasteiger partial charge is 0.326 e. The van der Waals surface area contributed by atoms with Crippen molar-refractivity contribution in [2.75, 3.05) is 0 Å². The number of rotatable bonds is 5. The predicted molar refractivity (Wildman–Crippen MR) is 62.6 cm³/mol. The number of hydrogen-bond acceptors (Lipinski definition) is 3. The lowest BCUT2D eigenvalue weighted by Gasteiger charge is -2.13. The molecule has 1 aromatic carbocycles. The van der Waals surface area contributed by atoms with Crippen LogP contribution in [0.25, 0.3) is 0 Å². The van der Waals surface area contributed by atoms with Crippen molar-refractivity contribution in [3.63, 3.8) is 0 Å². The SMILES string of the molecule is O=C(O)C[C@@H](NC(=O)c1c(F)cccc1Cl)C(=O)O. The summed E-state index contributed by atoms with van der Waals surface area (Å²) in [4.78, 5) is 32.9. The number of carbonyl (C=O) groups is 3. The first kappa shape index (κ1) is 14.9. The molecule has 0 unspecified atom stereocenters. The molecule has 0 aliphatic heterocycles. The lowest BCUT2D eigenvalue weighted by molar-refractivity contribution is -0.145. The third-order valence-corrected chi connectivity index (χ3v) is 2.49. The molecule has 0 radical (unpaired) electrons. The lowest BCUT2D eigenvalue weighted by Crippen LogP contribution is -2.42. The van der Waals surface area contributed by atoms with Crippen molar-refractivity contribution in [1.82, 2.24) is 5.32 Å². The third kappa shape index (κ3) is 3.92. The van der Waals surface area contributed by atoms with E-state index in [0.717, 1.165) is 6.07 Å². The predicted octanol–water partition coefficient (Wildman–Crippen LogP) is 1.14. The summed E-state index contributed by atoms with van der Waals surface area (Å²) < 4.78 is 13.4. The molecule has 0 fully saturated rings. The summed E-state index contributed by atoms with van der Waals surface area (Å²) in [6.45, 7) is 0. The van der Waals surface area contributed by atoms with Gasteiger partial charge in [-0.2, -0.15) is 0 Å². The zero-order valence-electron chi connectivity index (χ0n) is 9.39. The molecular formula is C11H9ClFNO5. The Bertz CT molecular complexity index is 514. The van der Waals surface area contributed by atoms with E-state index in [-0.39, 0.29) is 5.02 Å². The van der Waals surface area contributed by atoms with Gasteiger partial charge in [0.1, 0.15) is 11.9 Å². The number of carboxylic acids is 2. The number of hydrogen-bond donors (Lipinski definition) is 3. The van der Waals surface area contributed by atoms with Gasteiger partial charge in [-0.1, -0.05) is 17.7 Å². The Morgan fingerprint density at radius 2 is 1.95 bits per heavy atom. The van der Waals surface area contributed by atoms with Gasteiger partial charge in [0.2, 0.25) is 0 Å². The quantitative estimate of drug-likeness (QED) is 0.754. The van der Waals surface area contributed by atoms with E-state index < -0.39 is 41.7 Å². The van der Waals surface area contributed by atoms with Crippen LogP contribution in [0.4, 0.5) is 4.39 Å². The molecule has 0 aromatic heterocycles. The maximum Gasteiger partial charge on any atom is 0.326 e. The number of carbonyl (C=O) groups excluding carboxylic acids is 1. The van der Waals surface area contributed by atoms with E-state index in [1.54, 1.807) is 0 Å². The van der Waals surface area contributed by atoms with E-state index in [1.165, 1.54) is 12.1 Å². The minimum absolute atomic E-state index is 0.197. The Balaban J connectivity index is 2.94. The molecule has 8 heteroatoms. The molecule has 6 nitrogen and oxygen atoms in total. The van der Waals surface area contributed by atoms with E-state index in [4.69, 9.17) is 21.8 Å². The molecule has 1 aromatic rings. The van der Waals surface area contributed by atoms with E-state index in [9.17, 15) is 18.8 Å². The second kappa shape index (κ2) is 6.14. The van der Waals surface area contributed by atoms with Crippen LogP contribution in [0.5, 0.6) is 0 Å². The second-order valence-electron chi connectivity index (χ2n) is 3.56. The molecule has 1 rings (SSSR count). The van der Waals surface area contributed by atoms with Gasteiger partial charge in [0, 0.05) is 0 Å². The minimum atomic E-state index is -1.67. The summed E-state index contributed by atoms with van der Waals surface area (Å²) >= 11 is 5.63. The van der Waals surface area contributed by atoms with Gasteiger partial charge in [0.05, 0.1) is 17.0 Å². The lowest BCUT2D eigenvalue weighted by atomic mass is 10.1. The number of carboxylic acid groups (broad SMARTS) is 2. The highest BCUT2D eigenvalue weighted by molar-refractivity contribution is 6.33. The van der Waals surface area contributed by atoms with Gasteiger partial charge in [0.15, 0.2) is 0 Å². The monoisotopic (exact) mass is 289 g/mol. The van der Waals surface area contributed by atoms with E-state index in [2.05, 4.69) is 0 Å². The van der Waals surface area contributed by atoms with Crippen molar-refractivity contribution in [3.05, 3.63) is 34.6 Å². The van der Waals surface area contributed by atoms with Crippen molar-refractivity contribution in [2.24, 2.45) is 0 Å². The third-order valence-electron chi connectivity index (χ3n) is 2.17. The first-order chi connectivity index (χ1) is 8.82. The molecule has 0 aliphatic carbocycles. The van der Waals surface area contributed by atoms with Crippen molar-refractivity contribution < 1.29 is 29.0 Å². The Morgan fingerprint density at radius 1 is 1.32 bits per heavy atom. The van der Waals surface area contributed by atoms with Crippen molar-refractivity contribution in [1.29, 1.82) is 0 Å². The van der Waals surface area contributed by atoms with Gasteiger partial charge in [-0.3, -0.25) is 9.59 Å². The first-order valence-electron chi connectivity index (χ1n) is 5.02. The highest BCUT2D eigenvalue weighted by atomic mass is 35.5.